The standard InChI is InChI=1S/C14H18N4O4S/c1-10-14(11(2)17(4)15-10)9-16(3)23(21,22)13-7-5-6-12(8-13)18(19)20/h5-8H,9H2,1-4H3. The average molecular weight is 338 g/mol. The van der Waals surface area contributed by atoms with Crippen LogP contribution >= 0.6 is 0 Å². The van der Waals surface area contributed by atoms with E-state index in [9.17, 15) is 18.5 Å². The lowest BCUT2D eigenvalue weighted by Crippen LogP contribution is -2.27. The van der Waals surface area contributed by atoms with E-state index in [2.05, 4.69) is 5.10 Å². The number of non-ortho nitro benzene ring substituents is 1. The molecule has 0 bridgehead atoms. The Hall–Kier alpha value is -2.26. The van der Waals surface area contributed by atoms with Crippen LogP contribution in [0, 0.1) is 24.0 Å². The summed E-state index contributed by atoms with van der Waals surface area (Å²) in [6.07, 6.45) is 0. The lowest BCUT2D eigenvalue weighted by atomic mass is 10.2. The lowest BCUT2D eigenvalue weighted by molar-refractivity contribution is -0.385. The molecular weight excluding hydrogens is 320 g/mol. The summed E-state index contributed by atoms with van der Waals surface area (Å²) < 4.78 is 28.1. The summed E-state index contributed by atoms with van der Waals surface area (Å²) in [5, 5.41) is 15.1. The largest absolute Gasteiger partial charge is 0.272 e. The predicted molar refractivity (Wildman–Crippen MR) is 84.4 cm³/mol. The molecule has 0 saturated heterocycles. The highest BCUT2D eigenvalue weighted by molar-refractivity contribution is 7.89. The molecule has 0 fully saturated rings. The highest BCUT2D eigenvalue weighted by atomic mass is 32.2. The molecule has 0 N–H and O–H groups in total. The maximum atomic E-state index is 12.6. The van der Waals surface area contributed by atoms with Crippen LogP contribution in [0.15, 0.2) is 29.2 Å². The highest BCUT2D eigenvalue weighted by Crippen LogP contribution is 2.23. The van der Waals surface area contributed by atoms with Gasteiger partial charge in [-0.1, -0.05) is 6.07 Å². The van der Waals surface area contributed by atoms with E-state index in [1.165, 1.54) is 29.6 Å². The zero-order valence-corrected chi connectivity index (χ0v) is 14.2. The third-order valence-electron chi connectivity index (χ3n) is 3.78. The van der Waals surface area contributed by atoms with Crippen molar-refractivity contribution in [3.05, 3.63) is 51.3 Å². The average Bonchev–Trinajstić information content (AvgIpc) is 2.73. The SMILES string of the molecule is Cc1nn(C)c(C)c1CN(C)S(=O)(=O)c1cccc([N+](=O)[O-])c1. The first-order valence-electron chi connectivity index (χ1n) is 6.84. The molecule has 23 heavy (non-hydrogen) atoms. The van der Waals surface area contributed by atoms with Crippen molar-refractivity contribution in [2.75, 3.05) is 7.05 Å². The first-order chi connectivity index (χ1) is 10.6. The van der Waals surface area contributed by atoms with E-state index in [0.717, 1.165) is 23.0 Å². The first-order valence-corrected chi connectivity index (χ1v) is 8.28. The minimum Gasteiger partial charge on any atom is -0.272 e. The van der Waals surface area contributed by atoms with Gasteiger partial charge in [0.1, 0.15) is 0 Å². The van der Waals surface area contributed by atoms with Crippen molar-refractivity contribution >= 4 is 15.7 Å². The molecular formula is C14H18N4O4S. The Kier molecular flexibility index (Phi) is 4.53. The van der Waals surface area contributed by atoms with Crippen LogP contribution in [-0.4, -0.2) is 34.5 Å². The molecule has 8 nitrogen and oxygen atoms in total. The van der Waals surface area contributed by atoms with E-state index in [1.54, 1.807) is 11.7 Å². The van der Waals surface area contributed by atoms with Gasteiger partial charge < -0.3 is 0 Å². The zero-order valence-electron chi connectivity index (χ0n) is 13.3. The molecule has 9 heteroatoms. The third kappa shape index (κ3) is 3.25. The Morgan fingerprint density at radius 2 is 2.00 bits per heavy atom. The highest BCUT2D eigenvalue weighted by Gasteiger charge is 2.24. The predicted octanol–water partition coefficient (Wildman–Crippen LogP) is 1.77. The molecule has 2 aromatic rings. The second-order valence-corrected chi connectivity index (χ2v) is 7.33. The molecule has 124 valence electrons. The van der Waals surface area contributed by atoms with Crippen LogP contribution < -0.4 is 0 Å². The number of hydrogen-bond acceptors (Lipinski definition) is 5. The van der Waals surface area contributed by atoms with Gasteiger partial charge in [-0.2, -0.15) is 9.40 Å². The molecule has 1 aromatic heterocycles. The number of hydrogen-bond donors (Lipinski definition) is 0. The molecule has 0 aliphatic rings. The summed E-state index contributed by atoms with van der Waals surface area (Å²) in [6.45, 7) is 3.83. The van der Waals surface area contributed by atoms with Crippen LogP contribution in [0.4, 0.5) is 5.69 Å². The Balaban J connectivity index is 2.36. The van der Waals surface area contributed by atoms with Gasteiger partial charge in [0.25, 0.3) is 5.69 Å². The maximum absolute atomic E-state index is 12.6. The van der Waals surface area contributed by atoms with Crippen LogP contribution in [0.2, 0.25) is 0 Å². The Labute approximate surface area is 134 Å². The number of sulfonamides is 1. The molecule has 0 unspecified atom stereocenters. The number of rotatable bonds is 5. The fourth-order valence-electron chi connectivity index (χ4n) is 2.29. The lowest BCUT2D eigenvalue weighted by Gasteiger charge is -2.17. The Morgan fingerprint density at radius 1 is 1.35 bits per heavy atom. The smallest absolute Gasteiger partial charge is 0.270 e. The molecule has 2 rings (SSSR count). The van der Waals surface area contributed by atoms with Crippen LogP contribution in [0.25, 0.3) is 0 Å². The minimum absolute atomic E-state index is 0.103. The summed E-state index contributed by atoms with van der Waals surface area (Å²) in [6, 6.07) is 5.03. The van der Waals surface area contributed by atoms with E-state index in [0.29, 0.717) is 0 Å². The Bertz CT molecular complexity index is 858. The minimum atomic E-state index is -3.83. The number of benzene rings is 1. The van der Waals surface area contributed by atoms with Gasteiger partial charge in [-0.15, -0.1) is 0 Å². The number of nitro groups is 1. The normalized spacial score (nSPS) is 11.9. The fourth-order valence-corrected chi connectivity index (χ4v) is 3.47. The van der Waals surface area contributed by atoms with E-state index >= 15 is 0 Å². The number of aryl methyl sites for hydroxylation is 2. The van der Waals surface area contributed by atoms with Crippen LogP contribution in [0.5, 0.6) is 0 Å². The van der Waals surface area contributed by atoms with Gasteiger partial charge >= 0.3 is 0 Å². The summed E-state index contributed by atoms with van der Waals surface area (Å²) in [4.78, 5) is 10.1. The quantitative estimate of drug-likeness (QED) is 0.611. The summed E-state index contributed by atoms with van der Waals surface area (Å²) in [7, 11) is -0.589. The van der Waals surface area contributed by atoms with Crippen molar-refractivity contribution in [1.82, 2.24) is 14.1 Å². The van der Waals surface area contributed by atoms with Gasteiger partial charge in [0.05, 0.1) is 15.5 Å². The maximum Gasteiger partial charge on any atom is 0.270 e. The van der Waals surface area contributed by atoms with Gasteiger partial charge in [-0.25, -0.2) is 8.42 Å². The number of aromatic nitrogens is 2. The summed E-state index contributed by atoms with van der Waals surface area (Å²) >= 11 is 0. The molecule has 1 heterocycles. The van der Waals surface area contributed by atoms with Gasteiger partial charge in [0, 0.05) is 44.0 Å². The van der Waals surface area contributed by atoms with Gasteiger partial charge in [0.15, 0.2) is 0 Å². The van der Waals surface area contributed by atoms with Crippen molar-refractivity contribution in [2.24, 2.45) is 7.05 Å². The van der Waals surface area contributed by atoms with E-state index in [-0.39, 0.29) is 17.1 Å². The monoisotopic (exact) mass is 338 g/mol. The molecule has 0 aliphatic carbocycles. The van der Waals surface area contributed by atoms with Crippen LogP contribution in [0.3, 0.4) is 0 Å². The molecule has 1 aromatic carbocycles. The fraction of sp³-hybridized carbons (Fsp3) is 0.357. The van der Waals surface area contributed by atoms with E-state index in [4.69, 9.17) is 0 Å². The van der Waals surface area contributed by atoms with Gasteiger partial charge in [-0.3, -0.25) is 14.8 Å². The Morgan fingerprint density at radius 3 is 2.52 bits per heavy atom. The molecule has 0 saturated carbocycles. The molecule has 0 aliphatic heterocycles. The van der Waals surface area contributed by atoms with Gasteiger partial charge in [-0.05, 0) is 19.9 Å². The topological polar surface area (TPSA) is 98.3 Å². The molecule has 0 spiro atoms. The molecule has 0 atom stereocenters. The van der Waals surface area contributed by atoms with Crippen molar-refractivity contribution in [1.29, 1.82) is 0 Å². The van der Waals surface area contributed by atoms with E-state index < -0.39 is 14.9 Å². The van der Waals surface area contributed by atoms with Gasteiger partial charge in [0.2, 0.25) is 10.0 Å². The van der Waals surface area contributed by atoms with Crippen molar-refractivity contribution in [2.45, 2.75) is 25.3 Å². The van der Waals surface area contributed by atoms with Crippen molar-refractivity contribution in [3.8, 4) is 0 Å². The molecule has 0 amide bonds. The second-order valence-electron chi connectivity index (χ2n) is 5.29. The third-order valence-corrected chi connectivity index (χ3v) is 5.58. The number of nitrogens with zero attached hydrogens (tertiary/aromatic N) is 4. The second kappa shape index (κ2) is 6.09. The zero-order chi connectivity index (χ0) is 17.4. The molecule has 0 radical (unpaired) electrons. The van der Waals surface area contributed by atoms with Crippen molar-refractivity contribution in [3.63, 3.8) is 0 Å². The first kappa shape index (κ1) is 17.1. The van der Waals surface area contributed by atoms with Crippen LogP contribution in [-0.2, 0) is 23.6 Å². The van der Waals surface area contributed by atoms with Crippen molar-refractivity contribution < 1.29 is 13.3 Å². The van der Waals surface area contributed by atoms with E-state index in [1.807, 2.05) is 13.8 Å². The van der Waals surface area contributed by atoms with Crippen LogP contribution in [0.1, 0.15) is 17.0 Å². The summed E-state index contributed by atoms with van der Waals surface area (Å²) in [5.41, 5.74) is 2.20. The summed E-state index contributed by atoms with van der Waals surface area (Å²) in [5.74, 6) is 0. The number of nitro benzene ring substituents is 1.